The van der Waals surface area contributed by atoms with E-state index in [-0.39, 0.29) is 43.1 Å². The molecule has 0 heterocycles. The van der Waals surface area contributed by atoms with Crippen LogP contribution in [0.1, 0.15) is 71.1 Å². The monoisotopic (exact) mass is 471 g/mol. The van der Waals surface area contributed by atoms with E-state index >= 15 is 0 Å². The van der Waals surface area contributed by atoms with Gasteiger partial charge < -0.3 is 37.9 Å². The van der Waals surface area contributed by atoms with Crippen molar-refractivity contribution in [1.82, 2.24) is 16.0 Å². The molecule has 33 heavy (non-hydrogen) atoms. The molecule has 2 amide bonds. The quantitative estimate of drug-likeness (QED) is 0.0578. The van der Waals surface area contributed by atoms with Crippen molar-refractivity contribution in [2.75, 3.05) is 39.3 Å². The summed E-state index contributed by atoms with van der Waals surface area (Å²) in [6.45, 7) is 5.74. The van der Waals surface area contributed by atoms with Gasteiger partial charge in [-0.2, -0.15) is 0 Å². The molecule has 1 unspecified atom stereocenters. The molecule has 0 rings (SSSR count). The van der Waals surface area contributed by atoms with Crippen LogP contribution in [0.4, 0.5) is 0 Å². The number of hydrogen-bond donors (Lipinski definition) is 6. The van der Waals surface area contributed by atoms with Crippen molar-refractivity contribution in [2.45, 2.75) is 77.2 Å². The maximum Gasteiger partial charge on any atom is 0.306 e. The zero-order chi connectivity index (χ0) is 24.7. The molecular formula is C22H45N7O4. The molecule has 0 saturated heterocycles. The standard InChI is InChI=1S/C22H45N7O4/c1-2-8-21(32)33-18(9-3-4-15-29-22(24)25)17-20(31)28-16-10-19(30)27-14-6-5-12-26-13-7-11-23/h18,26H,2-17,23H2,1H3,(H,27,30)(H,28,31)(H4,24,25,29). The smallest absolute Gasteiger partial charge is 0.306 e. The predicted molar refractivity (Wildman–Crippen MR) is 130 cm³/mol. The van der Waals surface area contributed by atoms with Crippen LogP contribution in [0, 0.1) is 0 Å². The van der Waals surface area contributed by atoms with Crippen LogP contribution in [0.2, 0.25) is 0 Å². The van der Waals surface area contributed by atoms with Crippen LogP contribution in [-0.4, -0.2) is 69.1 Å². The van der Waals surface area contributed by atoms with Gasteiger partial charge in [0.05, 0.1) is 6.42 Å². The van der Waals surface area contributed by atoms with Crippen molar-refractivity contribution in [3.63, 3.8) is 0 Å². The summed E-state index contributed by atoms with van der Waals surface area (Å²) >= 11 is 0. The van der Waals surface area contributed by atoms with Crippen molar-refractivity contribution in [3.8, 4) is 0 Å². The molecule has 0 saturated carbocycles. The molecule has 0 spiro atoms. The highest BCUT2D eigenvalue weighted by Gasteiger charge is 2.18. The Balaban J connectivity index is 4.08. The van der Waals surface area contributed by atoms with Gasteiger partial charge in [-0.05, 0) is 64.6 Å². The van der Waals surface area contributed by atoms with E-state index in [0.717, 1.165) is 45.2 Å². The van der Waals surface area contributed by atoms with E-state index in [2.05, 4.69) is 20.9 Å². The zero-order valence-corrected chi connectivity index (χ0v) is 20.2. The molecule has 0 bridgehead atoms. The molecule has 11 heteroatoms. The number of ether oxygens (including phenoxy) is 1. The van der Waals surface area contributed by atoms with Crippen LogP contribution < -0.4 is 33.2 Å². The van der Waals surface area contributed by atoms with Crippen molar-refractivity contribution in [3.05, 3.63) is 0 Å². The minimum absolute atomic E-state index is 0.0414. The summed E-state index contributed by atoms with van der Waals surface area (Å²) in [6, 6.07) is 0. The topological polar surface area (TPSA) is 187 Å². The van der Waals surface area contributed by atoms with Crippen LogP contribution >= 0.6 is 0 Å². The third kappa shape index (κ3) is 21.2. The fourth-order valence-corrected chi connectivity index (χ4v) is 2.98. The largest absolute Gasteiger partial charge is 0.462 e. The second-order valence-corrected chi connectivity index (χ2v) is 7.92. The number of amides is 2. The lowest BCUT2D eigenvalue weighted by Gasteiger charge is -2.17. The number of carbonyl (C=O) groups excluding carboxylic acids is 3. The van der Waals surface area contributed by atoms with Crippen molar-refractivity contribution in [2.24, 2.45) is 22.2 Å². The molecule has 9 N–H and O–H groups in total. The molecule has 0 radical (unpaired) electrons. The molecule has 0 aromatic rings. The average molecular weight is 472 g/mol. The Morgan fingerprint density at radius 3 is 2.27 bits per heavy atom. The van der Waals surface area contributed by atoms with Crippen LogP contribution in [0.15, 0.2) is 4.99 Å². The van der Waals surface area contributed by atoms with Gasteiger partial charge in [-0.15, -0.1) is 0 Å². The van der Waals surface area contributed by atoms with Gasteiger partial charge in [-0.25, -0.2) is 0 Å². The highest BCUT2D eigenvalue weighted by molar-refractivity contribution is 5.79. The molecule has 1 atom stereocenters. The molecule has 0 aliphatic carbocycles. The van der Waals surface area contributed by atoms with E-state index in [9.17, 15) is 14.4 Å². The summed E-state index contributed by atoms with van der Waals surface area (Å²) < 4.78 is 5.45. The van der Waals surface area contributed by atoms with Crippen LogP contribution in [0.5, 0.6) is 0 Å². The third-order valence-electron chi connectivity index (χ3n) is 4.73. The summed E-state index contributed by atoms with van der Waals surface area (Å²) in [5.41, 5.74) is 16.0. The lowest BCUT2D eigenvalue weighted by molar-refractivity contribution is -0.150. The Kier molecular flexibility index (Phi) is 19.9. The van der Waals surface area contributed by atoms with E-state index < -0.39 is 6.10 Å². The number of hydrogen-bond acceptors (Lipinski definition) is 7. The number of esters is 1. The molecule has 11 nitrogen and oxygen atoms in total. The van der Waals surface area contributed by atoms with Gasteiger partial charge in [-0.1, -0.05) is 6.92 Å². The van der Waals surface area contributed by atoms with E-state index in [1.807, 2.05) is 6.92 Å². The number of guanidine groups is 1. The van der Waals surface area contributed by atoms with Crippen molar-refractivity contribution in [1.29, 1.82) is 0 Å². The van der Waals surface area contributed by atoms with Gasteiger partial charge in [-0.3, -0.25) is 19.4 Å². The van der Waals surface area contributed by atoms with Crippen molar-refractivity contribution < 1.29 is 19.1 Å². The minimum Gasteiger partial charge on any atom is -0.462 e. The first-order chi connectivity index (χ1) is 15.9. The van der Waals surface area contributed by atoms with Crippen LogP contribution in [0.25, 0.3) is 0 Å². The summed E-state index contributed by atoms with van der Waals surface area (Å²) in [7, 11) is 0. The number of nitrogens with one attached hydrogen (secondary N) is 3. The summed E-state index contributed by atoms with van der Waals surface area (Å²) in [5, 5.41) is 8.87. The summed E-state index contributed by atoms with van der Waals surface area (Å²) in [5.74, 6) is -0.616. The number of nitrogens with zero attached hydrogens (tertiary/aromatic N) is 1. The number of unbranched alkanes of at least 4 members (excludes halogenated alkanes) is 2. The number of nitrogens with two attached hydrogens (primary N) is 3. The van der Waals surface area contributed by atoms with Gasteiger partial charge in [0.25, 0.3) is 0 Å². The van der Waals surface area contributed by atoms with Gasteiger partial charge >= 0.3 is 5.97 Å². The average Bonchev–Trinajstić information content (AvgIpc) is 2.75. The highest BCUT2D eigenvalue weighted by Crippen LogP contribution is 2.11. The molecule has 0 aromatic carbocycles. The normalized spacial score (nSPS) is 11.5. The Morgan fingerprint density at radius 1 is 0.879 bits per heavy atom. The Morgan fingerprint density at radius 2 is 1.58 bits per heavy atom. The first-order valence-corrected chi connectivity index (χ1v) is 12.1. The minimum atomic E-state index is -0.504. The number of rotatable bonds is 21. The SMILES string of the molecule is CCCC(=O)OC(CCCCN=C(N)N)CC(=O)NCCC(=O)NCCCCNCCCN. The molecule has 0 aliphatic heterocycles. The predicted octanol–water partition coefficient (Wildman–Crippen LogP) is -0.127. The third-order valence-corrected chi connectivity index (χ3v) is 4.73. The Labute approximate surface area is 198 Å². The molecule has 0 aliphatic rings. The number of aliphatic imine (C=N–C) groups is 1. The first kappa shape index (κ1) is 30.6. The fraction of sp³-hybridized carbons (Fsp3) is 0.818. The van der Waals surface area contributed by atoms with Gasteiger partial charge in [0.1, 0.15) is 6.10 Å². The van der Waals surface area contributed by atoms with Crippen LogP contribution in [-0.2, 0) is 19.1 Å². The van der Waals surface area contributed by atoms with E-state index in [4.69, 9.17) is 21.9 Å². The summed E-state index contributed by atoms with van der Waals surface area (Å²) in [4.78, 5) is 39.9. The molecular weight excluding hydrogens is 426 g/mol. The van der Waals surface area contributed by atoms with Gasteiger partial charge in [0, 0.05) is 32.5 Å². The highest BCUT2D eigenvalue weighted by atomic mass is 16.5. The van der Waals surface area contributed by atoms with Gasteiger partial charge in [0.15, 0.2) is 5.96 Å². The second kappa shape index (κ2) is 21.4. The van der Waals surface area contributed by atoms with Crippen LogP contribution in [0.3, 0.4) is 0 Å². The van der Waals surface area contributed by atoms with E-state index in [0.29, 0.717) is 38.9 Å². The Bertz CT molecular complexity index is 569. The molecule has 0 fully saturated rings. The Hall–Kier alpha value is -2.40. The summed E-state index contributed by atoms with van der Waals surface area (Å²) in [6.07, 6.45) is 5.59. The maximum atomic E-state index is 12.3. The maximum absolute atomic E-state index is 12.3. The number of carbonyl (C=O) groups is 3. The van der Waals surface area contributed by atoms with Crippen molar-refractivity contribution >= 4 is 23.7 Å². The molecule has 0 aromatic heterocycles. The first-order valence-electron chi connectivity index (χ1n) is 12.1. The molecule has 192 valence electrons. The van der Waals surface area contributed by atoms with E-state index in [1.165, 1.54) is 0 Å². The van der Waals surface area contributed by atoms with Gasteiger partial charge in [0.2, 0.25) is 11.8 Å². The zero-order valence-electron chi connectivity index (χ0n) is 20.2. The van der Waals surface area contributed by atoms with E-state index in [1.54, 1.807) is 0 Å². The fourth-order valence-electron chi connectivity index (χ4n) is 2.98. The lowest BCUT2D eigenvalue weighted by Crippen LogP contribution is -2.33. The second-order valence-electron chi connectivity index (χ2n) is 7.92. The lowest BCUT2D eigenvalue weighted by atomic mass is 10.1.